The van der Waals surface area contributed by atoms with Gasteiger partial charge in [-0.05, 0) is 94.3 Å². The lowest BCUT2D eigenvalue weighted by Gasteiger charge is -2.41. The third-order valence-corrected chi connectivity index (χ3v) is 8.61. The van der Waals surface area contributed by atoms with Crippen molar-refractivity contribution in [3.05, 3.63) is 62.3 Å². The second kappa shape index (κ2) is 13.3. The molecule has 0 bridgehead atoms. The van der Waals surface area contributed by atoms with Gasteiger partial charge in [0, 0.05) is 31.4 Å². The summed E-state index contributed by atoms with van der Waals surface area (Å²) in [5.41, 5.74) is 0.302. The zero-order valence-corrected chi connectivity index (χ0v) is 26.1. The van der Waals surface area contributed by atoms with Crippen molar-refractivity contribution in [2.24, 2.45) is 5.41 Å². The van der Waals surface area contributed by atoms with Gasteiger partial charge in [0.2, 0.25) is 5.91 Å². The van der Waals surface area contributed by atoms with Crippen LogP contribution in [0.5, 0.6) is 0 Å². The molecule has 1 saturated heterocycles. The van der Waals surface area contributed by atoms with Gasteiger partial charge in [0.25, 0.3) is 0 Å². The van der Waals surface area contributed by atoms with Crippen molar-refractivity contribution < 1.29 is 33.0 Å². The molecule has 2 aromatic carbocycles. The van der Waals surface area contributed by atoms with Crippen LogP contribution in [-0.2, 0) is 36.8 Å². The normalized spacial score (nSPS) is 15.7. The number of benzene rings is 2. The summed E-state index contributed by atoms with van der Waals surface area (Å²) in [7, 11) is 0. The largest absolute Gasteiger partial charge is 0.465 e. The highest BCUT2D eigenvalue weighted by Crippen LogP contribution is 2.36. The van der Waals surface area contributed by atoms with Crippen LogP contribution in [0.4, 0.5) is 14.9 Å². The van der Waals surface area contributed by atoms with Gasteiger partial charge in [0.1, 0.15) is 0 Å². The van der Waals surface area contributed by atoms with Gasteiger partial charge in [-0.25, -0.2) is 9.18 Å². The van der Waals surface area contributed by atoms with Gasteiger partial charge in [0.05, 0.1) is 28.6 Å². The fourth-order valence-electron chi connectivity index (χ4n) is 5.35. The first-order valence-electron chi connectivity index (χ1n) is 13.5. The zero-order valence-electron chi connectivity index (χ0n) is 22.9. The molecule has 41 heavy (non-hydrogen) atoms. The number of carbonyl (C=O) groups is 4. The van der Waals surface area contributed by atoms with Crippen LogP contribution in [0.1, 0.15) is 44.2 Å². The lowest BCUT2D eigenvalue weighted by Crippen LogP contribution is -2.53. The van der Waals surface area contributed by atoms with Gasteiger partial charge in [-0.3, -0.25) is 14.4 Å². The number of anilines is 1. The Morgan fingerprint density at radius 1 is 1.02 bits per heavy atom. The van der Waals surface area contributed by atoms with Crippen molar-refractivity contribution >= 4 is 61.4 Å². The first-order valence-corrected chi connectivity index (χ1v) is 15.1. The molecule has 1 N–H and O–H groups in total. The number of amides is 3. The number of hydrogen-bond donors (Lipinski definition) is 1. The third-order valence-electron chi connectivity index (χ3n) is 7.45. The Balaban J connectivity index is 1.53. The second-order valence-corrected chi connectivity index (χ2v) is 11.8. The van der Waals surface area contributed by atoms with Gasteiger partial charge >= 0.3 is 18.0 Å². The van der Waals surface area contributed by atoms with E-state index in [0.717, 1.165) is 11.3 Å². The average Bonchev–Trinajstić information content (AvgIpc) is 2.95. The number of halogens is 3. The molecule has 9 nitrogen and oxygen atoms in total. The lowest BCUT2D eigenvalue weighted by atomic mass is 9.77. The Kier molecular flexibility index (Phi) is 10.1. The monoisotopic (exact) mass is 695 g/mol. The molecule has 0 atom stereocenters. The van der Waals surface area contributed by atoms with Crippen LogP contribution in [0.3, 0.4) is 0 Å². The fourth-order valence-corrected chi connectivity index (χ4v) is 6.63. The molecule has 0 saturated carbocycles. The number of fused-ring (bicyclic) bond motifs is 1. The van der Waals surface area contributed by atoms with E-state index in [9.17, 15) is 23.6 Å². The van der Waals surface area contributed by atoms with E-state index in [-0.39, 0.29) is 40.7 Å². The highest BCUT2D eigenvalue weighted by Gasteiger charge is 2.51. The number of rotatable bonds is 9. The Labute approximate surface area is 255 Å². The van der Waals surface area contributed by atoms with E-state index >= 15 is 0 Å². The summed E-state index contributed by atoms with van der Waals surface area (Å²) in [6.45, 7) is 4.41. The number of piperidine rings is 1. The minimum Gasteiger partial charge on any atom is -0.465 e. The standard InChI is InChI=1S/C29H32Br2FN3O6/c1-3-40-26(37)29(27(38)41-4-2,15-18-13-21(30)25(32)22(31)14-18)16-24(36)34-11-9-20(10-12-34)35-17-19-7-5-6-8-23(19)33-28(35)39/h5-8,13-14,20H,3-4,9-12,15-17H2,1-2H3,(H,33,39). The molecule has 2 aromatic rings. The van der Waals surface area contributed by atoms with E-state index in [2.05, 4.69) is 37.2 Å². The predicted molar refractivity (Wildman–Crippen MR) is 156 cm³/mol. The summed E-state index contributed by atoms with van der Waals surface area (Å²) in [6, 6.07) is 10.3. The van der Waals surface area contributed by atoms with Crippen molar-refractivity contribution in [2.75, 3.05) is 31.6 Å². The summed E-state index contributed by atoms with van der Waals surface area (Å²) < 4.78 is 25.1. The summed E-state index contributed by atoms with van der Waals surface area (Å²) in [4.78, 5) is 56.6. The number of urea groups is 1. The van der Waals surface area contributed by atoms with E-state index in [1.54, 1.807) is 23.6 Å². The molecule has 0 unspecified atom stereocenters. The summed E-state index contributed by atoms with van der Waals surface area (Å²) in [6.07, 6.45) is 0.396. The number of carbonyl (C=O) groups excluding carboxylic acids is 4. The quantitative estimate of drug-likeness (QED) is 0.213. The van der Waals surface area contributed by atoms with Gasteiger partial charge in [0.15, 0.2) is 11.2 Å². The first-order chi connectivity index (χ1) is 19.6. The number of nitrogens with one attached hydrogen (secondary N) is 1. The second-order valence-electron chi connectivity index (χ2n) is 10.1. The van der Waals surface area contributed by atoms with E-state index in [1.165, 1.54) is 12.1 Å². The molecule has 2 heterocycles. The fraction of sp³-hybridized carbons (Fsp3) is 0.448. The highest BCUT2D eigenvalue weighted by atomic mass is 79.9. The van der Waals surface area contributed by atoms with E-state index < -0.39 is 35.5 Å². The maximum Gasteiger partial charge on any atom is 0.324 e. The van der Waals surface area contributed by atoms with Crippen molar-refractivity contribution in [1.29, 1.82) is 0 Å². The third kappa shape index (κ3) is 6.74. The molecule has 4 rings (SSSR count). The number of likely N-dealkylation sites (tertiary alicyclic amines) is 1. The number of ether oxygens (including phenoxy) is 2. The highest BCUT2D eigenvalue weighted by molar-refractivity contribution is 9.11. The Hall–Kier alpha value is -2.99. The number of nitrogens with zero attached hydrogens (tertiary/aromatic N) is 2. The van der Waals surface area contributed by atoms with Crippen LogP contribution in [0, 0.1) is 11.2 Å². The van der Waals surface area contributed by atoms with Gasteiger partial charge < -0.3 is 24.6 Å². The SMILES string of the molecule is CCOC(=O)C(CC(=O)N1CCC(N2Cc3ccccc3NC2=O)CC1)(Cc1cc(Br)c(F)c(Br)c1)C(=O)OCC. The van der Waals surface area contributed by atoms with Gasteiger partial charge in [-0.15, -0.1) is 0 Å². The minimum absolute atomic E-state index is 0.00257. The molecule has 220 valence electrons. The molecule has 1 fully saturated rings. The molecule has 2 aliphatic heterocycles. The molecule has 0 aromatic heterocycles. The first kappa shape index (κ1) is 31.0. The van der Waals surface area contributed by atoms with E-state index in [0.29, 0.717) is 38.0 Å². The molecule has 0 radical (unpaired) electrons. The molecular formula is C29H32Br2FN3O6. The van der Waals surface area contributed by atoms with Crippen LogP contribution in [0.2, 0.25) is 0 Å². The maximum atomic E-state index is 14.3. The van der Waals surface area contributed by atoms with Crippen LogP contribution in [0.25, 0.3) is 0 Å². The summed E-state index contributed by atoms with van der Waals surface area (Å²) >= 11 is 6.32. The molecular weight excluding hydrogens is 665 g/mol. The average molecular weight is 697 g/mol. The van der Waals surface area contributed by atoms with E-state index in [4.69, 9.17) is 9.47 Å². The van der Waals surface area contributed by atoms with Crippen LogP contribution in [-0.4, -0.2) is 66.0 Å². The summed E-state index contributed by atoms with van der Waals surface area (Å²) in [5.74, 6) is -2.68. The smallest absolute Gasteiger partial charge is 0.324 e. The number of para-hydroxylation sites is 1. The maximum absolute atomic E-state index is 14.3. The van der Waals surface area contributed by atoms with Crippen molar-refractivity contribution in [1.82, 2.24) is 9.80 Å². The zero-order chi connectivity index (χ0) is 29.7. The van der Waals surface area contributed by atoms with Crippen LogP contribution >= 0.6 is 31.9 Å². The van der Waals surface area contributed by atoms with Crippen molar-refractivity contribution in [3.8, 4) is 0 Å². The molecule has 2 aliphatic rings. The number of esters is 2. The Bertz CT molecular complexity index is 1290. The molecule has 3 amide bonds. The van der Waals surface area contributed by atoms with Gasteiger partial charge in [-0.2, -0.15) is 0 Å². The molecule has 0 spiro atoms. The summed E-state index contributed by atoms with van der Waals surface area (Å²) in [5, 5.41) is 2.93. The molecule has 12 heteroatoms. The minimum atomic E-state index is -1.97. The van der Waals surface area contributed by atoms with Crippen LogP contribution in [0.15, 0.2) is 45.3 Å². The van der Waals surface area contributed by atoms with Crippen molar-refractivity contribution in [2.45, 2.75) is 52.1 Å². The Morgan fingerprint density at radius 3 is 2.20 bits per heavy atom. The van der Waals surface area contributed by atoms with Crippen LogP contribution < -0.4 is 5.32 Å². The topological polar surface area (TPSA) is 105 Å². The van der Waals surface area contributed by atoms with Crippen molar-refractivity contribution in [3.63, 3.8) is 0 Å². The predicted octanol–water partition coefficient (Wildman–Crippen LogP) is 5.43. The Morgan fingerprint density at radius 2 is 1.61 bits per heavy atom. The van der Waals surface area contributed by atoms with E-state index in [1.807, 2.05) is 24.3 Å². The molecule has 0 aliphatic carbocycles. The van der Waals surface area contributed by atoms with Gasteiger partial charge in [-0.1, -0.05) is 18.2 Å². The lowest BCUT2D eigenvalue weighted by molar-refractivity contribution is -0.175. The number of hydrogen-bond acceptors (Lipinski definition) is 6.